The molecule has 26 heteroatoms. The normalized spacial score (nSPS) is 12.4. The average Bonchev–Trinajstić information content (AvgIpc) is 3.63. The van der Waals surface area contributed by atoms with Crippen molar-refractivity contribution < 1.29 is 33.6 Å². The molecule has 3 aromatic heterocycles. The van der Waals surface area contributed by atoms with Crippen molar-refractivity contribution in [3.8, 4) is 0 Å². The summed E-state index contributed by atoms with van der Waals surface area (Å²) in [6, 6.07) is 0. The summed E-state index contributed by atoms with van der Waals surface area (Å²) < 4.78 is 0.773. The van der Waals surface area contributed by atoms with E-state index in [9.17, 15) is 38.4 Å². The molecule has 1 fully saturated rings. The Balaban J connectivity index is -0.000000251. The van der Waals surface area contributed by atoms with Crippen molar-refractivity contribution in [2.45, 2.75) is 27.7 Å². The predicted octanol–water partition coefficient (Wildman–Crippen LogP) is 7.53. The molecule has 0 bridgehead atoms. The number of halogens is 10. The Morgan fingerprint density at radius 3 is 0.978 bits per heavy atom. The van der Waals surface area contributed by atoms with Crippen LogP contribution in [0.5, 0.6) is 0 Å². The van der Waals surface area contributed by atoms with Crippen LogP contribution < -0.4 is 32.9 Å². The van der Waals surface area contributed by atoms with Crippen LogP contribution in [0.15, 0.2) is 29.2 Å². The maximum atomic E-state index is 11.3. The van der Waals surface area contributed by atoms with Gasteiger partial charge in [-0.1, -0.05) is 60.6 Å². The molecule has 0 unspecified atom stereocenters. The van der Waals surface area contributed by atoms with E-state index in [1.807, 2.05) is 10.2 Å². The minimum absolute atomic E-state index is 0. The molecule has 1 saturated heterocycles. The first-order chi connectivity index (χ1) is 20.1. The Morgan fingerprint density at radius 2 is 0.844 bits per heavy atom. The van der Waals surface area contributed by atoms with Gasteiger partial charge in [-0.15, -0.1) is 22.7 Å². The van der Waals surface area contributed by atoms with Gasteiger partial charge in [0.1, 0.15) is 28.9 Å². The number of rotatable bonds is 0. The van der Waals surface area contributed by atoms with Crippen molar-refractivity contribution in [1.82, 2.24) is 20.6 Å². The monoisotopic (exact) mass is 1500 g/mol. The molecule has 45 heavy (non-hydrogen) atoms. The predicted molar refractivity (Wildman–Crippen MR) is 232 cm³/mol. The third-order valence-electron chi connectivity index (χ3n) is 3.78. The van der Waals surface area contributed by atoms with Crippen molar-refractivity contribution in [2.24, 2.45) is 0 Å². The van der Waals surface area contributed by atoms with E-state index in [4.69, 9.17) is 23.2 Å². The van der Waals surface area contributed by atoms with Crippen LogP contribution in [0.2, 0.25) is 0 Å². The fraction of sp³-hybridized carbons (Fsp3) is 0.263. The van der Waals surface area contributed by atoms with Gasteiger partial charge in [0, 0.05) is 34.6 Å². The minimum atomic E-state index is -0.633. The summed E-state index contributed by atoms with van der Waals surface area (Å²) in [5.41, 5.74) is -2.07. The molecule has 4 N–H and O–H groups in total. The van der Waals surface area contributed by atoms with Crippen LogP contribution in [0.25, 0.3) is 18.8 Å². The summed E-state index contributed by atoms with van der Waals surface area (Å²) in [4.78, 5) is 92.3. The summed E-state index contributed by atoms with van der Waals surface area (Å²) in [5.74, 6) is -1.56. The average molecular weight is 1500 g/mol. The van der Waals surface area contributed by atoms with Crippen molar-refractivity contribution in [3.05, 3.63) is 51.5 Å². The van der Waals surface area contributed by atoms with Gasteiger partial charge in [-0.3, -0.25) is 59.0 Å². The molecule has 0 atom stereocenters. The Bertz CT molecular complexity index is 1490. The molecule has 0 saturated carbocycles. The first-order valence-electron chi connectivity index (χ1n) is 9.65. The summed E-state index contributed by atoms with van der Waals surface area (Å²) in [5, 5.41) is 3.57. The molecule has 2 aliphatic rings. The third-order valence-corrected chi connectivity index (χ3v) is 7.23. The zero-order chi connectivity index (χ0) is 34.0. The number of aromatic nitrogens is 2. The SMILES string of the molecule is C.C.CI.ClCl.O=C1CCC(=O)N1.O=C1NC(=O)C(Cl)=C1Cl.O=c1[nH]c(=O)c2sc3c(=O)[nH]c(=O)c3sc12.[I][V]([I])[I].[I][V][I]. The maximum absolute atomic E-state index is 11.3. The van der Waals surface area contributed by atoms with E-state index in [0.29, 0.717) is 22.3 Å². The van der Waals surface area contributed by atoms with Crippen LogP contribution in [0.3, 0.4) is 0 Å². The fourth-order valence-electron chi connectivity index (χ4n) is 2.34. The summed E-state index contributed by atoms with van der Waals surface area (Å²) in [6.07, 6.45) is 0.748. The van der Waals surface area contributed by atoms with E-state index in [-0.39, 0.29) is 60.5 Å². The van der Waals surface area contributed by atoms with Gasteiger partial charge >= 0.3 is 114 Å². The van der Waals surface area contributed by atoms with Crippen LogP contribution in [-0.2, 0) is 33.6 Å². The Morgan fingerprint density at radius 1 is 0.622 bits per heavy atom. The first-order valence-corrected chi connectivity index (χ1v) is 37.9. The molecule has 5 rings (SSSR count). The number of carbonyl (C=O) groups excluding carboxylic acids is 4. The van der Waals surface area contributed by atoms with Crippen molar-refractivity contribution in [1.29, 1.82) is 0 Å². The first kappa shape index (κ1) is 54.7. The Kier molecular flexibility index (Phi) is 37.1. The molecule has 0 aromatic carbocycles. The van der Waals surface area contributed by atoms with Gasteiger partial charge in [0.15, 0.2) is 0 Å². The van der Waals surface area contributed by atoms with Gasteiger partial charge in [0.25, 0.3) is 34.1 Å². The van der Waals surface area contributed by atoms with E-state index in [1.54, 1.807) is 0 Å². The summed E-state index contributed by atoms with van der Waals surface area (Å²) in [7, 11) is 8.85. The molecular formula is C19H19Cl4I6N4O8S2V2. The van der Waals surface area contributed by atoms with E-state index in [0.717, 1.165) is 22.7 Å². The summed E-state index contributed by atoms with van der Waals surface area (Å²) >= 11 is 26.5. The number of amides is 4. The van der Waals surface area contributed by atoms with Crippen LogP contribution in [0.4, 0.5) is 0 Å². The topological polar surface area (TPSA) is 192 Å². The van der Waals surface area contributed by atoms with Gasteiger partial charge in [-0.05, 0) is 4.93 Å². The van der Waals surface area contributed by atoms with Crippen LogP contribution in [-0.4, -0.2) is 38.5 Å². The number of fused-ring (bicyclic) bond motifs is 2. The molecule has 255 valence electrons. The van der Waals surface area contributed by atoms with Crippen LogP contribution >= 0.6 is 190 Å². The summed E-state index contributed by atoms with van der Waals surface area (Å²) in [6.45, 7) is 0. The van der Waals surface area contributed by atoms with Crippen molar-refractivity contribution in [2.75, 3.05) is 4.93 Å². The van der Waals surface area contributed by atoms with E-state index in [2.05, 4.69) is 159 Å². The van der Waals surface area contributed by atoms with E-state index < -0.39 is 34.1 Å². The van der Waals surface area contributed by atoms with E-state index >= 15 is 0 Å². The molecule has 4 amide bonds. The molecule has 0 aliphatic carbocycles. The Hall–Kier alpha value is 2.93. The van der Waals surface area contributed by atoms with Gasteiger partial charge in [-0.2, -0.15) is 0 Å². The molecule has 3 aromatic rings. The molecule has 12 nitrogen and oxygen atoms in total. The van der Waals surface area contributed by atoms with Gasteiger partial charge in [0.2, 0.25) is 11.8 Å². The number of hydrogen-bond acceptors (Lipinski definition) is 10. The van der Waals surface area contributed by atoms with Crippen molar-refractivity contribution >= 4 is 232 Å². The second-order valence-corrected chi connectivity index (χ2v) is 56.2. The van der Waals surface area contributed by atoms with E-state index in [1.165, 1.54) is 0 Å². The zero-order valence-electron chi connectivity index (χ0n) is 20.2. The molecule has 2 aliphatic heterocycles. The van der Waals surface area contributed by atoms with Gasteiger partial charge < -0.3 is 0 Å². The number of aromatic amines is 2. The van der Waals surface area contributed by atoms with Gasteiger partial charge in [-0.25, -0.2) is 0 Å². The molecular weight excluding hydrogens is 1480 g/mol. The number of nitrogens with one attached hydrogen (secondary N) is 4. The number of alkyl halides is 1. The molecule has 0 radical (unpaired) electrons. The Labute approximate surface area is 363 Å². The third kappa shape index (κ3) is 20.5. The standard InChI is InChI=1S/C8H2N2O4S2.C4HCl2NO2.C4H5NO2.CH3I.2CH4.Cl2.5HI.2V/c11-5-1-2(6(12)9-5)16-4-3(15-1)7(13)10-8(4)14;5-1-2(6)4(9)7-3(1)8;6-3-1-2-4(7)5-3;1-2;;;1-2;;;;;;;/h(H,9,11,12)(H,10,13,14);(H,7,8,9);1-2H2,(H,5,6,7);1H3;2*1H4;;5*1H;;/q;;;;;;;;;;;;+2;+3/p-5. The zero-order valence-corrected chi connectivity index (χ0v) is 40.6. The number of H-pyrrole nitrogens is 2. The quantitative estimate of drug-likeness (QED) is 0.101. The molecule has 0 spiro atoms. The number of imide groups is 2. The van der Waals surface area contributed by atoms with Crippen molar-refractivity contribution in [3.63, 3.8) is 0 Å². The van der Waals surface area contributed by atoms with Crippen LogP contribution in [0, 0.1) is 0 Å². The second-order valence-electron chi connectivity index (χ2n) is 6.23. The van der Waals surface area contributed by atoms with Crippen LogP contribution in [0.1, 0.15) is 27.7 Å². The number of hydrogen-bond donors (Lipinski definition) is 4. The van der Waals surface area contributed by atoms with Gasteiger partial charge in [0.05, 0.1) is 0 Å². The fourth-order valence-corrected chi connectivity index (χ4v) is 4.83. The second kappa shape index (κ2) is 30.5. The molecule has 5 heterocycles. The number of carbonyl (C=O) groups is 4.